The highest BCUT2D eigenvalue weighted by atomic mass is 32.2. The number of benzene rings is 2. The summed E-state index contributed by atoms with van der Waals surface area (Å²) in [6.07, 6.45) is 4.96. The van der Waals surface area contributed by atoms with E-state index in [-0.39, 0.29) is 16.9 Å². The van der Waals surface area contributed by atoms with Crippen LogP contribution in [0, 0.1) is 0 Å². The Morgan fingerprint density at radius 1 is 1.13 bits per heavy atom. The van der Waals surface area contributed by atoms with Gasteiger partial charge in [0.1, 0.15) is 0 Å². The Kier molecular flexibility index (Phi) is 7.50. The van der Waals surface area contributed by atoms with Gasteiger partial charge in [-0.1, -0.05) is 31.5 Å². The van der Waals surface area contributed by atoms with E-state index < -0.39 is 10.0 Å². The van der Waals surface area contributed by atoms with Gasteiger partial charge in [0.05, 0.1) is 11.0 Å². The van der Waals surface area contributed by atoms with Crippen molar-refractivity contribution in [3.8, 4) is 0 Å². The average molecular weight is 431 g/mol. The predicted octanol–water partition coefficient (Wildman–Crippen LogP) is 4.08. The molecule has 1 N–H and O–H groups in total. The first kappa shape index (κ1) is 22.3. The Labute approximate surface area is 179 Å². The van der Waals surface area contributed by atoms with Crippen molar-refractivity contribution >= 4 is 21.6 Å². The number of amides is 1. The number of aryl methyl sites for hydroxylation is 1. The molecule has 3 rings (SSSR count). The van der Waals surface area contributed by atoms with Crippen LogP contribution in [-0.4, -0.2) is 45.5 Å². The van der Waals surface area contributed by atoms with E-state index in [1.54, 1.807) is 36.3 Å². The molecule has 6 nitrogen and oxygen atoms in total. The Morgan fingerprint density at radius 2 is 1.83 bits per heavy atom. The molecule has 0 aromatic heterocycles. The predicted molar refractivity (Wildman–Crippen MR) is 118 cm³/mol. The number of nitrogens with one attached hydrogen (secondary N) is 1. The molecule has 0 atom stereocenters. The number of hydrogen-bond acceptors (Lipinski definition) is 4. The third-order valence-corrected chi connectivity index (χ3v) is 6.86. The van der Waals surface area contributed by atoms with Gasteiger partial charge in [-0.3, -0.25) is 9.52 Å². The van der Waals surface area contributed by atoms with E-state index in [0.717, 1.165) is 32.1 Å². The van der Waals surface area contributed by atoms with Gasteiger partial charge in [-0.2, -0.15) is 0 Å². The quantitative estimate of drug-likeness (QED) is 0.685. The lowest BCUT2D eigenvalue weighted by Gasteiger charge is -2.31. The summed E-state index contributed by atoms with van der Waals surface area (Å²) < 4.78 is 33.6. The van der Waals surface area contributed by atoms with Gasteiger partial charge >= 0.3 is 0 Å². The van der Waals surface area contributed by atoms with Crippen molar-refractivity contribution in [2.75, 3.05) is 24.9 Å². The van der Waals surface area contributed by atoms with E-state index in [4.69, 9.17) is 4.74 Å². The molecule has 1 heterocycles. The third-order valence-electron chi connectivity index (χ3n) is 5.48. The first-order chi connectivity index (χ1) is 14.4. The van der Waals surface area contributed by atoms with Crippen LogP contribution >= 0.6 is 0 Å². The second-order valence-corrected chi connectivity index (χ2v) is 9.34. The van der Waals surface area contributed by atoms with Crippen molar-refractivity contribution in [1.82, 2.24) is 4.90 Å². The van der Waals surface area contributed by atoms with Crippen LogP contribution in [0.2, 0.25) is 0 Å². The van der Waals surface area contributed by atoms with Crippen LogP contribution in [0.1, 0.15) is 48.5 Å². The number of anilines is 1. The number of nitrogens with zero attached hydrogens (tertiary/aromatic N) is 1. The monoisotopic (exact) mass is 430 g/mol. The topological polar surface area (TPSA) is 75.7 Å². The second-order valence-electron chi connectivity index (χ2n) is 7.66. The summed E-state index contributed by atoms with van der Waals surface area (Å²) in [5, 5.41) is 0. The first-order valence-corrected chi connectivity index (χ1v) is 11.9. The number of rotatable bonds is 8. The molecular formula is C23H30N2O4S. The van der Waals surface area contributed by atoms with Crippen molar-refractivity contribution in [2.24, 2.45) is 0 Å². The van der Waals surface area contributed by atoms with E-state index in [1.165, 1.54) is 17.7 Å². The molecule has 30 heavy (non-hydrogen) atoms. The zero-order valence-electron chi connectivity index (χ0n) is 17.6. The molecule has 1 amide bonds. The molecule has 0 aliphatic carbocycles. The second kappa shape index (κ2) is 10.1. The summed E-state index contributed by atoms with van der Waals surface area (Å²) in [6.45, 7) is 3.36. The zero-order valence-corrected chi connectivity index (χ0v) is 18.5. The average Bonchev–Trinajstić information content (AvgIpc) is 2.78. The van der Waals surface area contributed by atoms with E-state index >= 15 is 0 Å². The number of hydrogen-bond donors (Lipinski definition) is 1. The molecule has 2 aromatic rings. The van der Waals surface area contributed by atoms with Gasteiger partial charge in [0.25, 0.3) is 15.9 Å². The summed E-state index contributed by atoms with van der Waals surface area (Å²) in [7, 11) is -2.10. The van der Waals surface area contributed by atoms with Gasteiger partial charge in [0.2, 0.25) is 0 Å². The van der Waals surface area contributed by atoms with Gasteiger partial charge in [-0.15, -0.1) is 0 Å². The fourth-order valence-corrected chi connectivity index (χ4v) is 4.71. The maximum Gasteiger partial charge on any atom is 0.261 e. The van der Waals surface area contributed by atoms with Crippen LogP contribution < -0.4 is 4.72 Å². The molecule has 1 aliphatic rings. The number of sulfonamides is 1. The third kappa shape index (κ3) is 5.61. The molecule has 1 saturated heterocycles. The minimum Gasteiger partial charge on any atom is -0.381 e. The molecular weight excluding hydrogens is 400 g/mol. The van der Waals surface area contributed by atoms with Crippen LogP contribution in [-0.2, 0) is 21.2 Å². The van der Waals surface area contributed by atoms with Crippen LogP contribution in [0.15, 0.2) is 53.4 Å². The molecule has 1 fully saturated rings. The number of carbonyl (C=O) groups is 1. The highest BCUT2D eigenvalue weighted by Crippen LogP contribution is 2.21. The SMILES string of the molecule is CCCCc1ccc(NS(=O)(=O)c2cccc(C(=O)N3CCC(OC)CC3)c2)cc1. The van der Waals surface area contributed by atoms with Crippen LogP contribution in [0.4, 0.5) is 5.69 Å². The largest absolute Gasteiger partial charge is 0.381 e. The number of methoxy groups -OCH3 is 1. The van der Waals surface area contributed by atoms with E-state index in [1.807, 2.05) is 12.1 Å². The van der Waals surface area contributed by atoms with E-state index in [2.05, 4.69) is 11.6 Å². The Bertz CT molecular complexity index is 949. The first-order valence-electron chi connectivity index (χ1n) is 10.5. The standard InChI is InChI=1S/C23H30N2O4S/c1-3-4-6-18-9-11-20(12-10-18)24-30(27,28)22-8-5-7-19(17-22)23(26)25-15-13-21(29-2)14-16-25/h5,7-12,17,21,24H,3-4,6,13-16H2,1-2H3. The van der Waals surface area contributed by atoms with Crippen LogP contribution in [0.25, 0.3) is 0 Å². The smallest absolute Gasteiger partial charge is 0.261 e. The molecule has 0 bridgehead atoms. The fraction of sp³-hybridized carbons (Fsp3) is 0.435. The summed E-state index contributed by atoms with van der Waals surface area (Å²) in [6, 6.07) is 13.7. The summed E-state index contributed by atoms with van der Waals surface area (Å²) in [4.78, 5) is 14.7. The van der Waals surface area contributed by atoms with Crippen molar-refractivity contribution in [3.63, 3.8) is 0 Å². The minimum absolute atomic E-state index is 0.0789. The number of ether oxygens (including phenoxy) is 1. The Balaban J connectivity index is 1.70. The lowest BCUT2D eigenvalue weighted by molar-refractivity contribution is 0.0350. The van der Waals surface area contributed by atoms with Crippen LogP contribution in [0.3, 0.4) is 0 Å². The van der Waals surface area contributed by atoms with Gasteiger partial charge in [0, 0.05) is 31.5 Å². The molecule has 2 aromatic carbocycles. The molecule has 0 unspecified atom stereocenters. The summed E-state index contributed by atoms with van der Waals surface area (Å²) >= 11 is 0. The molecule has 0 spiro atoms. The molecule has 1 aliphatic heterocycles. The number of carbonyl (C=O) groups excluding carboxylic acids is 1. The Morgan fingerprint density at radius 3 is 2.47 bits per heavy atom. The zero-order chi connectivity index (χ0) is 21.6. The lowest BCUT2D eigenvalue weighted by atomic mass is 10.1. The highest BCUT2D eigenvalue weighted by molar-refractivity contribution is 7.92. The fourth-order valence-electron chi connectivity index (χ4n) is 3.61. The summed E-state index contributed by atoms with van der Waals surface area (Å²) in [5.74, 6) is -0.151. The van der Waals surface area contributed by atoms with Gasteiger partial charge < -0.3 is 9.64 Å². The van der Waals surface area contributed by atoms with Crippen molar-refractivity contribution in [1.29, 1.82) is 0 Å². The number of piperidine rings is 1. The number of likely N-dealkylation sites (tertiary alicyclic amines) is 1. The molecule has 162 valence electrons. The highest BCUT2D eigenvalue weighted by Gasteiger charge is 2.24. The van der Waals surface area contributed by atoms with Gasteiger partial charge in [0.15, 0.2) is 0 Å². The van der Waals surface area contributed by atoms with Gasteiger partial charge in [-0.05, 0) is 61.6 Å². The van der Waals surface area contributed by atoms with Crippen LogP contribution in [0.5, 0.6) is 0 Å². The maximum absolute atomic E-state index is 12.8. The number of unbranched alkanes of at least 4 members (excludes halogenated alkanes) is 1. The Hall–Kier alpha value is -2.38. The lowest BCUT2D eigenvalue weighted by Crippen LogP contribution is -2.40. The van der Waals surface area contributed by atoms with E-state index in [9.17, 15) is 13.2 Å². The minimum atomic E-state index is -3.78. The van der Waals surface area contributed by atoms with Crippen molar-refractivity contribution in [3.05, 3.63) is 59.7 Å². The summed E-state index contributed by atoms with van der Waals surface area (Å²) in [5.41, 5.74) is 2.07. The maximum atomic E-state index is 12.8. The normalized spacial score (nSPS) is 15.2. The van der Waals surface area contributed by atoms with Crippen molar-refractivity contribution in [2.45, 2.75) is 50.0 Å². The van der Waals surface area contributed by atoms with Gasteiger partial charge in [-0.25, -0.2) is 8.42 Å². The molecule has 0 saturated carbocycles. The van der Waals surface area contributed by atoms with E-state index in [0.29, 0.717) is 24.3 Å². The van der Waals surface area contributed by atoms with Crippen molar-refractivity contribution < 1.29 is 17.9 Å². The molecule has 0 radical (unpaired) electrons. The molecule has 7 heteroatoms.